The summed E-state index contributed by atoms with van der Waals surface area (Å²) in [5.74, 6) is 6.48. The lowest BCUT2D eigenvalue weighted by Crippen LogP contribution is -1.81. The lowest BCUT2D eigenvalue weighted by Gasteiger charge is -1.95. The first-order valence-corrected chi connectivity index (χ1v) is 8.90. The van der Waals surface area contributed by atoms with Crippen molar-refractivity contribution in [2.24, 2.45) is 0 Å². The minimum absolute atomic E-state index is 0.101. The Morgan fingerprint density at radius 3 is 2.94 bits per heavy atom. The fourth-order valence-electron chi connectivity index (χ4n) is 1.16. The van der Waals surface area contributed by atoms with Crippen LogP contribution in [0.1, 0.15) is 10.4 Å². The maximum atomic E-state index is 8.70. The van der Waals surface area contributed by atoms with E-state index in [2.05, 4.69) is 22.0 Å². The number of aliphatic hydroxyl groups excluding tert-OH is 1. The first kappa shape index (κ1) is 13.9. The Bertz CT molecular complexity index is 567. The highest BCUT2D eigenvalue weighted by molar-refractivity contribution is 8.02. The molecule has 0 saturated carbocycles. The van der Waals surface area contributed by atoms with Gasteiger partial charge < -0.3 is 5.11 Å². The second-order valence-corrected chi connectivity index (χ2v) is 7.30. The van der Waals surface area contributed by atoms with Gasteiger partial charge in [0.2, 0.25) is 0 Å². The zero-order chi connectivity index (χ0) is 12.8. The molecule has 0 aliphatic rings. The van der Waals surface area contributed by atoms with Crippen LogP contribution < -0.4 is 0 Å². The molecular formula is C11H10N2OS4. The van der Waals surface area contributed by atoms with Crippen molar-refractivity contribution in [1.29, 1.82) is 0 Å². The van der Waals surface area contributed by atoms with Crippen LogP contribution >= 0.6 is 46.2 Å². The first-order valence-electron chi connectivity index (χ1n) is 5.00. The van der Waals surface area contributed by atoms with E-state index < -0.39 is 0 Å². The Kier molecular flexibility index (Phi) is 5.53. The lowest BCUT2D eigenvalue weighted by molar-refractivity contribution is 0.350. The largest absolute Gasteiger partial charge is 0.384 e. The SMILES string of the molecule is CSc1nnc(SCc2sccc2C#CCO)s1. The summed E-state index contributed by atoms with van der Waals surface area (Å²) in [6.07, 6.45) is 2.00. The topological polar surface area (TPSA) is 46.0 Å². The zero-order valence-corrected chi connectivity index (χ0v) is 12.8. The van der Waals surface area contributed by atoms with Crippen LogP contribution in [-0.2, 0) is 5.75 Å². The second kappa shape index (κ2) is 7.16. The van der Waals surface area contributed by atoms with Crippen LogP contribution in [0.15, 0.2) is 20.1 Å². The van der Waals surface area contributed by atoms with Crippen LogP contribution in [0.4, 0.5) is 0 Å². The van der Waals surface area contributed by atoms with Crippen molar-refractivity contribution < 1.29 is 5.11 Å². The predicted molar refractivity (Wildman–Crippen MR) is 79.5 cm³/mol. The van der Waals surface area contributed by atoms with Crippen LogP contribution in [0, 0.1) is 11.8 Å². The summed E-state index contributed by atoms with van der Waals surface area (Å²) >= 11 is 6.57. The molecule has 2 rings (SSSR count). The summed E-state index contributed by atoms with van der Waals surface area (Å²) in [4.78, 5) is 1.21. The molecule has 94 valence electrons. The number of thiophene rings is 1. The summed E-state index contributed by atoms with van der Waals surface area (Å²) in [6.45, 7) is -0.101. The van der Waals surface area contributed by atoms with E-state index in [1.165, 1.54) is 4.88 Å². The Balaban J connectivity index is 1.99. The van der Waals surface area contributed by atoms with Crippen LogP contribution in [0.2, 0.25) is 0 Å². The number of aromatic nitrogens is 2. The Labute approximate surface area is 122 Å². The molecule has 7 heteroatoms. The number of nitrogens with zero attached hydrogens (tertiary/aromatic N) is 2. The van der Waals surface area contributed by atoms with E-state index in [9.17, 15) is 0 Å². The van der Waals surface area contributed by atoms with Crippen LogP contribution in [0.3, 0.4) is 0 Å². The molecule has 0 bridgehead atoms. The number of aliphatic hydroxyl groups is 1. The molecule has 0 aliphatic heterocycles. The number of hydrogen-bond acceptors (Lipinski definition) is 7. The summed E-state index contributed by atoms with van der Waals surface area (Å²) in [7, 11) is 0. The summed E-state index contributed by atoms with van der Waals surface area (Å²) in [6, 6.07) is 1.98. The lowest BCUT2D eigenvalue weighted by atomic mass is 10.3. The molecule has 2 aromatic heterocycles. The highest BCUT2D eigenvalue weighted by atomic mass is 32.2. The number of hydrogen-bond donors (Lipinski definition) is 1. The van der Waals surface area contributed by atoms with Crippen molar-refractivity contribution in [3.8, 4) is 11.8 Å². The Morgan fingerprint density at radius 2 is 2.22 bits per heavy atom. The molecule has 0 radical (unpaired) electrons. The number of thioether (sulfide) groups is 2. The molecule has 0 amide bonds. The molecule has 0 fully saturated rings. The molecule has 0 spiro atoms. The van der Waals surface area contributed by atoms with Crippen LogP contribution in [-0.4, -0.2) is 28.2 Å². The highest BCUT2D eigenvalue weighted by Crippen LogP contribution is 2.31. The fourth-order valence-corrected chi connectivity index (χ4v) is 4.55. The standard InChI is InChI=1S/C11H10N2OS4/c1-15-10-12-13-11(18-10)17-7-9-8(3-2-5-14)4-6-16-9/h4,6,14H,5,7H2,1H3. The summed E-state index contributed by atoms with van der Waals surface area (Å²) in [5.41, 5.74) is 0.996. The van der Waals surface area contributed by atoms with Crippen LogP contribution in [0.25, 0.3) is 0 Å². The van der Waals surface area contributed by atoms with Gasteiger partial charge in [-0.05, 0) is 17.7 Å². The smallest absolute Gasteiger partial charge is 0.175 e. The normalized spacial score (nSPS) is 10.1. The second-order valence-electron chi connectivity index (χ2n) is 3.04. The average molecular weight is 314 g/mol. The molecule has 18 heavy (non-hydrogen) atoms. The van der Waals surface area contributed by atoms with Gasteiger partial charge in [0.05, 0.1) is 0 Å². The molecule has 2 heterocycles. The third-order valence-electron chi connectivity index (χ3n) is 1.94. The van der Waals surface area contributed by atoms with E-state index in [0.29, 0.717) is 0 Å². The Morgan fingerprint density at radius 1 is 1.39 bits per heavy atom. The van der Waals surface area contributed by atoms with E-state index in [-0.39, 0.29) is 6.61 Å². The number of rotatable bonds is 4. The van der Waals surface area contributed by atoms with E-state index in [0.717, 1.165) is 20.0 Å². The van der Waals surface area contributed by atoms with Crippen molar-refractivity contribution >= 4 is 46.2 Å². The van der Waals surface area contributed by atoms with Gasteiger partial charge in [-0.3, -0.25) is 0 Å². The first-order chi connectivity index (χ1) is 8.83. The zero-order valence-electron chi connectivity index (χ0n) is 9.54. The maximum Gasteiger partial charge on any atom is 0.175 e. The van der Waals surface area contributed by atoms with E-state index in [1.54, 1.807) is 46.2 Å². The minimum Gasteiger partial charge on any atom is -0.384 e. The molecule has 2 aromatic rings. The van der Waals surface area contributed by atoms with Crippen molar-refractivity contribution in [3.63, 3.8) is 0 Å². The van der Waals surface area contributed by atoms with Gasteiger partial charge in [-0.15, -0.1) is 21.5 Å². The molecule has 1 N–H and O–H groups in total. The average Bonchev–Trinajstić information content (AvgIpc) is 3.02. The third kappa shape index (κ3) is 3.73. The van der Waals surface area contributed by atoms with Crippen molar-refractivity contribution in [1.82, 2.24) is 10.2 Å². The molecule has 0 aromatic carbocycles. The monoisotopic (exact) mass is 314 g/mol. The van der Waals surface area contributed by atoms with Gasteiger partial charge in [0, 0.05) is 16.2 Å². The van der Waals surface area contributed by atoms with E-state index in [4.69, 9.17) is 5.11 Å². The minimum atomic E-state index is -0.101. The van der Waals surface area contributed by atoms with Crippen molar-refractivity contribution in [2.45, 2.75) is 14.4 Å². The van der Waals surface area contributed by atoms with Crippen molar-refractivity contribution in [3.05, 3.63) is 21.9 Å². The molecule has 3 nitrogen and oxygen atoms in total. The van der Waals surface area contributed by atoms with Gasteiger partial charge in [0.1, 0.15) is 6.61 Å². The van der Waals surface area contributed by atoms with Gasteiger partial charge in [-0.2, -0.15) is 0 Å². The summed E-state index contributed by atoms with van der Waals surface area (Å²) < 4.78 is 1.97. The van der Waals surface area contributed by atoms with Gasteiger partial charge >= 0.3 is 0 Å². The van der Waals surface area contributed by atoms with Gasteiger partial charge in [-0.25, -0.2) is 0 Å². The van der Waals surface area contributed by atoms with E-state index >= 15 is 0 Å². The molecule has 0 aliphatic carbocycles. The van der Waals surface area contributed by atoms with Gasteiger partial charge in [0.25, 0.3) is 0 Å². The Hall–Kier alpha value is -0.520. The van der Waals surface area contributed by atoms with E-state index in [1.807, 2.05) is 17.7 Å². The summed E-state index contributed by atoms with van der Waals surface area (Å²) in [5, 5.41) is 18.9. The third-order valence-corrected chi connectivity index (χ3v) is 6.10. The highest BCUT2D eigenvalue weighted by Gasteiger charge is 2.07. The fraction of sp³-hybridized carbons (Fsp3) is 0.273. The molecular weight excluding hydrogens is 304 g/mol. The quantitative estimate of drug-likeness (QED) is 0.694. The van der Waals surface area contributed by atoms with Crippen molar-refractivity contribution in [2.75, 3.05) is 12.9 Å². The van der Waals surface area contributed by atoms with Gasteiger partial charge in [0.15, 0.2) is 8.68 Å². The molecule has 0 unspecified atom stereocenters. The van der Waals surface area contributed by atoms with Crippen LogP contribution in [0.5, 0.6) is 0 Å². The molecule has 0 saturated heterocycles. The molecule has 0 atom stereocenters. The predicted octanol–water partition coefficient (Wildman–Crippen LogP) is 2.96. The van der Waals surface area contributed by atoms with Gasteiger partial charge in [-0.1, -0.05) is 46.7 Å². The maximum absolute atomic E-state index is 8.70.